The van der Waals surface area contributed by atoms with Crippen LogP contribution in [0.5, 0.6) is 0 Å². The van der Waals surface area contributed by atoms with Crippen molar-refractivity contribution < 1.29 is 9.90 Å². The molecule has 2 aliphatic heterocycles. The van der Waals surface area contributed by atoms with Crippen LogP contribution >= 0.6 is 0 Å². The number of hydrogen-bond acceptors (Lipinski definition) is 4. The van der Waals surface area contributed by atoms with Gasteiger partial charge in [-0.15, -0.1) is 0 Å². The maximum atomic E-state index is 12.2. The molecule has 24 heavy (non-hydrogen) atoms. The van der Waals surface area contributed by atoms with Crippen LogP contribution in [0.25, 0.3) is 0 Å². The lowest BCUT2D eigenvalue weighted by molar-refractivity contribution is -0.118. The van der Waals surface area contributed by atoms with Crippen LogP contribution in [0.1, 0.15) is 43.4 Å². The number of hydrogen-bond donors (Lipinski definition) is 2. The molecular formula is C19H29N3O2. The van der Waals surface area contributed by atoms with Gasteiger partial charge in [0.05, 0.1) is 6.10 Å². The average molecular weight is 331 g/mol. The first kappa shape index (κ1) is 17.4. The summed E-state index contributed by atoms with van der Waals surface area (Å²) in [5.74, 6) is 0.170. The molecule has 1 aromatic rings. The minimum absolute atomic E-state index is 0.170. The van der Waals surface area contributed by atoms with E-state index in [1.807, 2.05) is 24.0 Å². The van der Waals surface area contributed by atoms with Crippen LogP contribution in [-0.4, -0.2) is 55.2 Å². The van der Waals surface area contributed by atoms with Crippen LogP contribution in [0, 0.1) is 0 Å². The summed E-state index contributed by atoms with van der Waals surface area (Å²) in [4.78, 5) is 16.5. The zero-order valence-corrected chi connectivity index (χ0v) is 14.6. The molecule has 0 bridgehead atoms. The second kappa shape index (κ2) is 8.10. The van der Waals surface area contributed by atoms with Crippen molar-refractivity contribution in [3.63, 3.8) is 0 Å². The van der Waals surface area contributed by atoms with Crippen molar-refractivity contribution in [1.82, 2.24) is 10.2 Å². The molecule has 1 aromatic carbocycles. The van der Waals surface area contributed by atoms with E-state index in [-0.39, 0.29) is 5.91 Å². The van der Waals surface area contributed by atoms with E-state index in [2.05, 4.69) is 16.3 Å². The normalized spacial score (nSPS) is 19.8. The number of nitrogens with zero attached hydrogens (tertiary/aromatic N) is 2. The zero-order valence-electron chi connectivity index (χ0n) is 14.6. The second-order valence-corrected chi connectivity index (χ2v) is 6.79. The van der Waals surface area contributed by atoms with E-state index >= 15 is 0 Å². The number of amides is 1. The Morgan fingerprint density at radius 2 is 2.08 bits per heavy atom. The highest BCUT2D eigenvalue weighted by Crippen LogP contribution is 2.31. The van der Waals surface area contributed by atoms with Crippen molar-refractivity contribution in [3.05, 3.63) is 29.3 Å². The number of aryl methyl sites for hydroxylation is 1. The maximum absolute atomic E-state index is 12.2. The summed E-state index contributed by atoms with van der Waals surface area (Å²) in [5, 5.41) is 13.9. The lowest BCUT2D eigenvalue weighted by Gasteiger charge is -2.31. The third kappa shape index (κ3) is 3.97. The largest absolute Gasteiger partial charge is 0.388 e. The van der Waals surface area contributed by atoms with Crippen molar-refractivity contribution in [2.45, 2.75) is 38.7 Å². The van der Waals surface area contributed by atoms with Crippen LogP contribution < -0.4 is 10.2 Å². The van der Waals surface area contributed by atoms with E-state index in [0.717, 1.165) is 69.8 Å². The number of carbonyl (C=O) groups is 1. The van der Waals surface area contributed by atoms with Gasteiger partial charge in [-0.1, -0.05) is 19.1 Å². The van der Waals surface area contributed by atoms with Gasteiger partial charge in [0, 0.05) is 51.4 Å². The minimum atomic E-state index is -0.467. The molecular weight excluding hydrogens is 302 g/mol. The molecule has 1 saturated heterocycles. The van der Waals surface area contributed by atoms with Crippen molar-refractivity contribution in [2.75, 3.05) is 44.2 Å². The molecule has 0 saturated carbocycles. The van der Waals surface area contributed by atoms with Gasteiger partial charge in [-0.2, -0.15) is 0 Å². The van der Waals surface area contributed by atoms with E-state index in [4.69, 9.17) is 0 Å². The fourth-order valence-corrected chi connectivity index (χ4v) is 3.66. The molecule has 2 heterocycles. The summed E-state index contributed by atoms with van der Waals surface area (Å²) >= 11 is 0. The number of aliphatic hydroxyl groups is 1. The molecule has 1 fully saturated rings. The monoisotopic (exact) mass is 331 g/mol. The Morgan fingerprint density at radius 3 is 2.83 bits per heavy atom. The molecule has 0 aliphatic carbocycles. The van der Waals surface area contributed by atoms with Gasteiger partial charge >= 0.3 is 0 Å². The van der Waals surface area contributed by atoms with Crippen LogP contribution in [0.15, 0.2) is 18.2 Å². The SMILES string of the molecule is CCC(=O)N1CCCc2ccc(C(O)CCN3CCNCC3)cc21. The molecule has 132 valence electrons. The molecule has 5 heteroatoms. The van der Waals surface area contributed by atoms with Crippen molar-refractivity contribution >= 4 is 11.6 Å². The van der Waals surface area contributed by atoms with Crippen LogP contribution in [0.4, 0.5) is 5.69 Å². The maximum Gasteiger partial charge on any atom is 0.226 e. The van der Waals surface area contributed by atoms with Gasteiger partial charge < -0.3 is 20.2 Å². The smallest absolute Gasteiger partial charge is 0.226 e. The highest BCUT2D eigenvalue weighted by Gasteiger charge is 2.23. The third-order valence-corrected chi connectivity index (χ3v) is 5.14. The van der Waals surface area contributed by atoms with Gasteiger partial charge in [-0.3, -0.25) is 4.79 Å². The lowest BCUT2D eigenvalue weighted by atomic mass is 9.96. The fourth-order valence-electron chi connectivity index (χ4n) is 3.66. The molecule has 0 spiro atoms. The Labute approximate surface area is 144 Å². The summed E-state index contributed by atoms with van der Waals surface area (Å²) in [7, 11) is 0. The standard InChI is InChI=1S/C19H29N3O2/c1-2-19(24)22-10-3-4-15-5-6-16(14-17(15)22)18(23)7-11-21-12-8-20-9-13-21/h5-6,14,18,20,23H,2-4,7-13H2,1H3. The van der Waals surface area contributed by atoms with Crippen LogP contribution in [0.3, 0.4) is 0 Å². The summed E-state index contributed by atoms with van der Waals surface area (Å²) in [6.07, 6.45) is 2.82. The highest BCUT2D eigenvalue weighted by atomic mass is 16.3. The molecule has 5 nitrogen and oxygen atoms in total. The molecule has 2 aliphatic rings. The van der Waals surface area contributed by atoms with Gasteiger partial charge in [0.25, 0.3) is 0 Å². The molecule has 0 radical (unpaired) electrons. The highest BCUT2D eigenvalue weighted by molar-refractivity contribution is 5.94. The van der Waals surface area contributed by atoms with E-state index in [9.17, 15) is 9.90 Å². The molecule has 2 N–H and O–H groups in total. The van der Waals surface area contributed by atoms with Crippen molar-refractivity contribution in [3.8, 4) is 0 Å². The summed E-state index contributed by atoms with van der Waals surface area (Å²) in [6, 6.07) is 6.15. The van der Waals surface area contributed by atoms with Gasteiger partial charge in [-0.05, 0) is 36.5 Å². The van der Waals surface area contributed by atoms with E-state index in [1.165, 1.54) is 5.56 Å². The molecule has 3 rings (SSSR count). The van der Waals surface area contributed by atoms with Crippen LogP contribution in [0.2, 0.25) is 0 Å². The Hall–Kier alpha value is -1.43. The average Bonchev–Trinajstić information content (AvgIpc) is 2.65. The second-order valence-electron chi connectivity index (χ2n) is 6.79. The minimum Gasteiger partial charge on any atom is -0.388 e. The zero-order chi connectivity index (χ0) is 16.9. The summed E-state index contributed by atoms with van der Waals surface area (Å²) in [5.41, 5.74) is 3.16. The first-order valence-electron chi connectivity index (χ1n) is 9.23. The summed E-state index contributed by atoms with van der Waals surface area (Å²) < 4.78 is 0. The fraction of sp³-hybridized carbons (Fsp3) is 0.632. The number of aliphatic hydroxyl groups excluding tert-OH is 1. The number of piperazine rings is 1. The Morgan fingerprint density at radius 1 is 1.29 bits per heavy atom. The van der Waals surface area contributed by atoms with Gasteiger partial charge in [0.2, 0.25) is 5.91 Å². The molecule has 1 atom stereocenters. The van der Waals surface area contributed by atoms with Crippen LogP contribution in [-0.2, 0) is 11.2 Å². The van der Waals surface area contributed by atoms with Crippen molar-refractivity contribution in [2.24, 2.45) is 0 Å². The van der Waals surface area contributed by atoms with E-state index < -0.39 is 6.10 Å². The number of rotatable bonds is 5. The van der Waals surface area contributed by atoms with Crippen molar-refractivity contribution in [1.29, 1.82) is 0 Å². The molecule has 1 unspecified atom stereocenters. The molecule has 0 aromatic heterocycles. The Balaban J connectivity index is 1.68. The summed E-state index contributed by atoms with van der Waals surface area (Å²) in [6.45, 7) is 7.78. The topological polar surface area (TPSA) is 55.8 Å². The third-order valence-electron chi connectivity index (χ3n) is 5.14. The number of fused-ring (bicyclic) bond motifs is 1. The van der Waals surface area contributed by atoms with E-state index in [0.29, 0.717) is 6.42 Å². The predicted octanol–water partition coefficient (Wildman–Crippen LogP) is 1.70. The molecule has 1 amide bonds. The Bertz CT molecular complexity index is 570. The Kier molecular flexibility index (Phi) is 5.87. The number of carbonyl (C=O) groups excluding carboxylic acids is 1. The number of nitrogens with one attached hydrogen (secondary N) is 1. The predicted molar refractivity (Wildman–Crippen MR) is 96.3 cm³/mol. The number of benzene rings is 1. The quantitative estimate of drug-likeness (QED) is 0.862. The van der Waals surface area contributed by atoms with Gasteiger partial charge in [0.1, 0.15) is 0 Å². The first-order valence-corrected chi connectivity index (χ1v) is 9.23. The van der Waals surface area contributed by atoms with E-state index in [1.54, 1.807) is 0 Å². The number of anilines is 1. The van der Waals surface area contributed by atoms with Gasteiger partial charge in [0.15, 0.2) is 0 Å². The first-order chi connectivity index (χ1) is 11.7. The lowest BCUT2D eigenvalue weighted by Crippen LogP contribution is -2.44. The van der Waals surface area contributed by atoms with Gasteiger partial charge in [-0.25, -0.2) is 0 Å².